The zero-order valence-corrected chi connectivity index (χ0v) is 11.6. The zero-order chi connectivity index (χ0) is 13.8. The molecule has 4 nitrogen and oxygen atoms in total. The van der Waals surface area contributed by atoms with E-state index in [0.717, 1.165) is 12.8 Å². The fourth-order valence-corrected chi connectivity index (χ4v) is 1.83. The molecule has 0 aliphatic heterocycles. The first kappa shape index (κ1) is 14.2. The van der Waals surface area contributed by atoms with Crippen LogP contribution in [0.3, 0.4) is 0 Å². The molecule has 1 aromatic rings. The van der Waals surface area contributed by atoms with Gasteiger partial charge in [0.1, 0.15) is 0 Å². The van der Waals surface area contributed by atoms with E-state index in [2.05, 4.69) is 5.32 Å². The van der Waals surface area contributed by atoms with Crippen LogP contribution in [0.25, 0.3) is 0 Å². The number of benzene rings is 1. The van der Waals surface area contributed by atoms with Gasteiger partial charge in [0.15, 0.2) is 6.61 Å². The molecule has 2 rings (SSSR count). The summed E-state index contributed by atoms with van der Waals surface area (Å²) in [6, 6.07) is 5.18. The smallest absolute Gasteiger partial charge is 0.310 e. The van der Waals surface area contributed by atoms with E-state index in [1.54, 1.807) is 18.2 Å². The first-order valence-corrected chi connectivity index (χ1v) is 6.69. The van der Waals surface area contributed by atoms with E-state index in [1.165, 1.54) is 0 Å². The molecule has 0 radical (unpaired) electrons. The lowest BCUT2D eigenvalue weighted by Gasteiger charge is -2.06. The van der Waals surface area contributed by atoms with Gasteiger partial charge < -0.3 is 10.1 Å². The van der Waals surface area contributed by atoms with E-state index < -0.39 is 5.97 Å². The normalized spacial score (nSPS) is 14.0. The first-order chi connectivity index (χ1) is 9.04. The molecule has 1 amide bonds. The maximum atomic E-state index is 11.5. The monoisotopic (exact) mass is 301 g/mol. The Morgan fingerprint density at radius 3 is 2.63 bits per heavy atom. The number of ether oxygens (including phenoxy) is 1. The lowest BCUT2D eigenvalue weighted by atomic mass is 10.1. The Kier molecular flexibility index (Phi) is 4.66. The van der Waals surface area contributed by atoms with Gasteiger partial charge in [-0.05, 0) is 30.5 Å². The Hall–Kier alpha value is -1.26. The third-order valence-electron chi connectivity index (χ3n) is 2.64. The summed E-state index contributed by atoms with van der Waals surface area (Å²) in [5.74, 6) is -0.727. The van der Waals surface area contributed by atoms with Gasteiger partial charge in [0.05, 0.1) is 16.5 Å². The van der Waals surface area contributed by atoms with Gasteiger partial charge in [0, 0.05) is 6.04 Å². The molecule has 19 heavy (non-hydrogen) atoms. The largest absolute Gasteiger partial charge is 0.455 e. The van der Waals surface area contributed by atoms with Gasteiger partial charge in [-0.3, -0.25) is 9.59 Å². The molecule has 0 unspecified atom stereocenters. The molecule has 0 saturated heterocycles. The first-order valence-electron chi connectivity index (χ1n) is 5.93. The predicted molar refractivity (Wildman–Crippen MR) is 72.3 cm³/mol. The van der Waals surface area contributed by atoms with Crippen molar-refractivity contribution in [2.24, 2.45) is 0 Å². The quantitative estimate of drug-likeness (QED) is 0.850. The second-order valence-corrected chi connectivity index (χ2v) is 5.24. The second-order valence-electron chi connectivity index (χ2n) is 4.43. The van der Waals surface area contributed by atoms with Gasteiger partial charge in [-0.2, -0.15) is 0 Å². The van der Waals surface area contributed by atoms with Gasteiger partial charge in [-0.25, -0.2) is 0 Å². The third kappa shape index (κ3) is 4.73. The highest BCUT2D eigenvalue weighted by Gasteiger charge is 2.23. The summed E-state index contributed by atoms with van der Waals surface area (Å²) in [5, 5.41) is 3.56. The number of nitrogens with one attached hydrogen (secondary N) is 1. The van der Waals surface area contributed by atoms with Crippen LogP contribution in [0.15, 0.2) is 18.2 Å². The van der Waals surface area contributed by atoms with Crippen molar-refractivity contribution in [3.8, 4) is 0 Å². The van der Waals surface area contributed by atoms with E-state index in [4.69, 9.17) is 27.9 Å². The van der Waals surface area contributed by atoms with Crippen molar-refractivity contribution in [2.75, 3.05) is 6.61 Å². The lowest BCUT2D eigenvalue weighted by molar-refractivity contribution is -0.147. The van der Waals surface area contributed by atoms with Crippen LogP contribution < -0.4 is 5.32 Å². The number of carbonyl (C=O) groups is 2. The zero-order valence-electron chi connectivity index (χ0n) is 10.1. The SMILES string of the molecule is O=C(COC(=O)Cc1ccc(Cl)c(Cl)c1)NC1CC1. The van der Waals surface area contributed by atoms with Crippen molar-refractivity contribution in [3.05, 3.63) is 33.8 Å². The molecule has 0 heterocycles. The van der Waals surface area contributed by atoms with Gasteiger partial charge in [0.25, 0.3) is 5.91 Å². The Morgan fingerprint density at radius 2 is 2.00 bits per heavy atom. The van der Waals surface area contributed by atoms with Crippen LogP contribution in [0.4, 0.5) is 0 Å². The molecule has 1 aliphatic rings. The molecular formula is C13H13Cl2NO3. The minimum absolute atomic E-state index is 0.0631. The maximum absolute atomic E-state index is 11.5. The molecule has 1 aromatic carbocycles. The van der Waals surface area contributed by atoms with Crippen molar-refractivity contribution < 1.29 is 14.3 Å². The number of hydrogen-bond acceptors (Lipinski definition) is 3. The minimum Gasteiger partial charge on any atom is -0.455 e. The van der Waals surface area contributed by atoms with Crippen LogP contribution in [0.2, 0.25) is 10.0 Å². The van der Waals surface area contributed by atoms with Crippen LogP contribution in [-0.2, 0) is 20.7 Å². The Bertz CT molecular complexity index is 501. The van der Waals surface area contributed by atoms with Crippen LogP contribution in [0.5, 0.6) is 0 Å². The molecule has 0 atom stereocenters. The third-order valence-corrected chi connectivity index (χ3v) is 3.38. The Morgan fingerprint density at radius 1 is 1.26 bits per heavy atom. The van der Waals surface area contributed by atoms with Gasteiger partial charge in [-0.1, -0.05) is 29.3 Å². The van der Waals surface area contributed by atoms with Crippen molar-refractivity contribution in [3.63, 3.8) is 0 Å². The van der Waals surface area contributed by atoms with Crippen LogP contribution in [0, 0.1) is 0 Å². The maximum Gasteiger partial charge on any atom is 0.310 e. The predicted octanol–water partition coefficient (Wildman–Crippen LogP) is 2.36. The number of carbonyl (C=O) groups excluding carboxylic acids is 2. The average Bonchev–Trinajstić information content (AvgIpc) is 3.15. The van der Waals surface area contributed by atoms with Crippen molar-refractivity contribution in [2.45, 2.75) is 25.3 Å². The molecule has 102 valence electrons. The molecule has 1 saturated carbocycles. The van der Waals surface area contributed by atoms with E-state index in [-0.39, 0.29) is 25.0 Å². The molecule has 1 fully saturated rings. The van der Waals surface area contributed by atoms with E-state index >= 15 is 0 Å². The summed E-state index contributed by atoms with van der Waals surface area (Å²) in [5.41, 5.74) is 0.696. The Labute approximate surface area is 121 Å². The fraction of sp³-hybridized carbons (Fsp3) is 0.385. The number of esters is 1. The summed E-state index contributed by atoms with van der Waals surface area (Å²) in [6.45, 7) is -0.239. The van der Waals surface area contributed by atoms with Gasteiger partial charge >= 0.3 is 5.97 Å². The van der Waals surface area contributed by atoms with E-state index in [1.807, 2.05) is 0 Å². The average molecular weight is 302 g/mol. The molecule has 1 aliphatic carbocycles. The molecule has 0 bridgehead atoms. The van der Waals surface area contributed by atoms with Crippen LogP contribution in [0.1, 0.15) is 18.4 Å². The summed E-state index contributed by atoms with van der Waals surface area (Å²) in [4.78, 5) is 22.9. The molecule has 0 aromatic heterocycles. The highest BCUT2D eigenvalue weighted by atomic mass is 35.5. The van der Waals surface area contributed by atoms with Gasteiger partial charge in [-0.15, -0.1) is 0 Å². The molecular weight excluding hydrogens is 289 g/mol. The van der Waals surface area contributed by atoms with E-state index in [0.29, 0.717) is 15.6 Å². The van der Waals surface area contributed by atoms with Crippen molar-refractivity contribution >= 4 is 35.1 Å². The number of halogens is 2. The molecule has 6 heteroatoms. The highest BCUT2D eigenvalue weighted by molar-refractivity contribution is 6.42. The summed E-state index contributed by atoms with van der Waals surface area (Å²) in [6.07, 6.45) is 2.07. The molecule has 0 spiro atoms. The number of rotatable bonds is 5. The molecule has 1 N–H and O–H groups in total. The fourth-order valence-electron chi connectivity index (χ4n) is 1.51. The van der Waals surface area contributed by atoms with Crippen molar-refractivity contribution in [1.82, 2.24) is 5.32 Å². The topological polar surface area (TPSA) is 55.4 Å². The highest BCUT2D eigenvalue weighted by Crippen LogP contribution is 2.22. The lowest BCUT2D eigenvalue weighted by Crippen LogP contribution is -2.30. The summed E-state index contributed by atoms with van der Waals surface area (Å²) in [7, 11) is 0. The van der Waals surface area contributed by atoms with Crippen LogP contribution in [-0.4, -0.2) is 24.5 Å². The minimum atomic E-state index is -0.468. The van der Waals surface area contributed by atoms with Gasteiger partial charge in [0.2, 0.25) is 0 Å². The summed E-state index contributed by atoms with van der Waals surface area (Å²) >= 11 is 11.6. The standard InChI is InChI=1S/C13H13Cl2NO3/c14-10-4-1-8(5-11(10)15)6-13(18)19-7-12(17)16-9-2-3-9/h1,4-5,9H,2-3,6-7H2,(H,16,17). The van der Waals surface area contributed by atoms with Crippen LogP contribution >= 0.6 is 23.2 Å². The Balaban J connectivity index is 1.76. The van der Waals surface area contributed by atoms with Crippen molar-refractivity contribution in [1.29, 1.82) is 0 Å². The van der Waals surface area contributed by atoms with E-state index in [9.17, 15) is 9.59 Å². The summed E-state index contributed by atoms with van der Waals surface area (Å²) < 4.78 is 4.88. The second kappa shape index (κ2) is 6.26. The number of amides is 1. The number of hydrogen-bond donors (Lipinski definition) is 1.